The number of rotatable bonds is 4. The zero-order valence-electron chi connectivity index (χ0n) is 10.1. The van der Waals surface area contributed by atoms with Crippen LogP contribution in [0.25, 0.3) is 0 Å². The lowest BCUT2D eigenvalue weighted by Crippen LogP contribution is -2.07. The van der Waals surface area contributed by atoms with Gasteiger partial charge in [-0.1, -0.05) is 18.2 Å². The largest absolute Gasteiger partial charge is 0.491 e. The Kier molecular flexibility index (Phi) is 2.99. The van der Waals surface area contributed by atoms with E-state index in [1.807, 2.05) is 32.0 Å². The van der Waals surface area contributed by atoms with Crippen LogP contribution in [0.15, 0.2) is 24.3 Å². The Bertz CT molecular complexity index is 395. The van der Waals surface area contributed by atoms with Crippen LogP contribution >= 0.6 is 0 Å². The highest BCUT2D eigenvalue weighted by molar-refractivity contribution is 5.82. The number of carbonyl (C=O) groups is 1. The van der Waals surface area contributed by atoms with Gasteiger partial charge in [0.2, 0.25) is 0 Å². The van der Waals surface area contributed by atoms with E-state index < -0.39 is 0 Å². The summed E-state index contributed by atoms with van der Waals surface area (Å²) in [5.74, 6) is 1.83. The second-order valence-electron chi connectivity index (χ2n) is 4.76. The number of Topliss-reactive ketones (excluding diaryl/α,β-unsaturated/α-hetero) is 1. The molecule has 2 nitrogen and oxygen atoms in total. The van der Waals surface area contributed by atoms with Crippen molar-refractivity contribution in [3.05, 3.63) is 29.8 Å². The minimum absolute atomic E-state index is 0.177. The summed E-state index contributed by atoms with van der Waals surface area (Å²) in [6, 6.07) is 8.06. The van der Waals surface area contributed by atoms with Gasteiger partial charge < -0.3 is 4.74 Å². The smallest absolute Gasteiger partial charge is 0.133 e. The lowest BCUT2D eigenvalue weighted by molar-refractivity contribution is -0.118. The van der Waals surface area contributed by atoms with Gasteiger partial charge in [-0.3, -0.25) is 4.79 Å². The van der Waals surface area contributed by atoms with Gasteiger partial charge in [-0.05, 0) is 44.7 Å². The molecular weight excluding hydrogens is 200 g/mol. The molecule has 0 spiro atoms. The molecule has 2 heteroatoms. The monoisotopic (exact) mass is 218 g/mol. The molecule has 0 saturated heterocycles. The average molecular weight is 218 g/mol. The Balaban J connectivity index is 2.18. The highest BCUT2D eigenvalue weighted by atomic mass is 16.5. The number of hydrogen-bond donors (Lipinski definition) is 0. The van der Waals surface area contributed by atoms with E-state index in [4.69, 9.17) is 4.74 Å². The molecule has 2 rings (SSSR count). The first-order valence-electron chi connectivity index (χ1n) is 5.85. The molecule has 86 valence electrons. The second kappa shape index (κ2) is 4.28. The molecule has 1 aliphatic carbocycles. The van der Waals surface area contributed by atoms with Gasteiger partial charge in [-0.2, -0.15) is 0 Å². The third kappa shape index (κ3) is 2.26. The number of ether oxygens (including phenoxy) is 1. The summed E-state index contributed by atoms with van der Waals surface area (Å²) in [5.41, 5.74) is 1.19. The van der Waals surface area contributed by atoms with E-state index in [1.165, 1.54) is 5.56 Å². The normalized spacial score (nSPS) is 23.2. The van der Waals surface area contributed by atoms with Gasteiger partial charge in [-0.25, -0.2) is 0 Å². The molecule has 0 N–H and O–H groups in total. The Morgan fingerprint density at radius 3 is 2.62 bits per heavy atom. The van der Waals surface area contributed by atoms with Crippen LogP contribution in [0.1, 0.15) is 38.7 Å². The van der Waals surface area contributed by atoms with Crippen molar-refractivity contribution in [1.82, 2.24) is 0 Å². The minimum atomic E-state index is 0.177. The molecule has 0 bridgehead atoms. The zero-order valence-corrected chi connectivity index (χ0v) is 10.1. The van der Waals surface area contributed by atoms with Crippen molar-refractivity contribution in [3.63, 3.8) is 0 Å². The molecule has 1 aromatic carbocycles. The molecule has 1 aliphatic rings. The second-order valence-corrected chi connectivity index (χ2v) is 4.76. The quantitative estimate of drug-likeness (QED) is 0.776. The molecule has 0 amide bonds. The molecule has 1 unspecified atom stereocenters. The van der Waals surface area contributed by atoms with Crippen LogP contribution in [-0.2, 0) is 4.79 Å². The first kappa shape index (κ1) is 11.2. The Hall–Kier alpha value is -1.31. The maximum atomic E-state index is 11.3. The minimum Gasteiger partial charge on any atom is -0.491 e. The van der Waals surface area contributed by atoms with E-state index in [0.29, 0.717) is 11.7 Å². The van der Waals surface area contributed by atoms with Crippen LogP contribution < -0.4 is 4.74 Å². The fraction of sp³-hybridized carbons (Fsp3) is 0.500. The van der Waals surface area contributed by atoms with E-state index in [2.05, 4.69) is 6.07 Å². The molecule has 1 aromatic rings. The topological polar surface area (TPSA) is 26.3 Å². The fourth-order valence-electron chi connectivity index (χ4n) is 2.14. The van der Waals surface area contributed by atoms with Gasteiger partial charge in [0.15, 0.2) is 0 Å². The third-order valence-electron chi connectivity index (χ3n) is 2.99. The lowest BCUT2D eigenvalue weighted by Gasteiger charge is -2.13. The van der Waals surface area contributed by atoms with Crippen molar-refractivity contribution in [2.75, 3.05) is 0 Å². The van der Waals surface area contributed by atoms with Gasteiger partial charge in [0.25, 0.3) is 0 Å². The maximum Gasteiger partial charge on any atom is 0.133 e. The molecule has 1 saturated carbocycles. The molecule has 0 heterocycles. The van der Waals surface area contributed by atoms with Crippen LogP contribution in [0, 0.1) is 5.92 Å². The Morgan fingerprint density at radius 1 is 1.38 bits per heavy atom. The maximum absolute atomic E-state index is 11.3. The summed E-state index contributed by atoms with van der Waals surface area (Å²) >= 11 is 0. The predicted molar refractivity (Wildman–Crippen MR) is 63.7 cm³/mol. The van der Waals surface area contributed by atoms with Crippen molar-refractivity contribution < 1.29 is 9.53 Å². The van der Waals surface area contributed by atoms with Gasteiger partial charge in [-0.15, -0.1) is 0 Å². The van der Waals surface area contributed by atoms with Crippen LogP contribution in [0.3, 0.4) is 0 Å². The predicted octanol–water partition coefficient (Wildman–Crippen LogP) is 3.17. The Labute approximate surface area is 96.6 Å². The van der Waals surface area contributed by atoms with E-state index in [-0.39, 0.29) is 12.0 Å². The summed E-state index contributed by atoms with van der Waals surface area (Å²) in [7, 11) is 0. The van der Waals surface area contributed by atoms with E-state index in [0.717, 1.165) is 12.2 Å². The van der Waals surface area contributed by atoms with Crippen molar-refractivity contribution >= 4 is 5.78 Å². The number of benzene rings is 1. The van der Waals surface area contributed by atoms with Crippen LogP contribution in [0.2, 0.25) is 0 Å². The molecular formula is C14H18O2. The summed E-state index contributed by atoms with van der Waals surface area (Å²) in [4.78, 5) is 11.3. The molecule has 0 aromatic heterocycles. The number of ketones is 1. The van der Waals surface area contributed by atoms with Gasteiger partial charge in [0, 0.05) is 5.92 Å². The van der Waals surface area contributed by atoms with E-state index in [9.17, 15) is 4.79 Å². The van der Waals surface area contributed by atoms with Crippen molar-refractivity contribution in [3.8, 4) is 5.75 Å². The summed E-state index contributed by atoms with van der Waals surface area (Å²) in [6.45, 7) is 5.72. The number of carbonyl (C=O) groups excluding carboxylic acids is 1. The third-order valence-corrected chi connectivity index (χ3v) is 2.99. The molecule has 0 aliphatic heterocycles. The van der Waals surface area contributed by atoms with Gasteiger partial charge in [0.1, 0.15) is 11.5 Å². The van der Waals surface area contributed by atoms with Crippen LogP contribution in [-0.4, -0.2) is 11.9 Å². The van der Waals surface area contributed by atoms with Crippen LogP contribution in [0.4, 0.5) is 0 Å². The molecule has 1 fully saturated rings. The zero-order chi connectivity index (χ0) is 11.7. The highest BCUT2D eigenvalue weighted by Gasteiger charge is 2.43. The lowest BCUT2D eigenvalue weighted by atomic mass is 10.1. The number of hydrogen-bond acceptors (Lipinski definition) is 2. The standard InChI is InChI=1S/C14H18O2/c1-9(2)16-14-7-5-4-6-11(14)13-8-12(13)10(3)15/h4-7,9,12-13H,8H2,1-3H3/t12-,13?/m1/s1. The van der Waals surface area contributed by atoms with Crippen molar-refractivity contribution in [1.29, 1.82) is 0 Å². The summed E-state index contributed by atoms with van der Waals surface area (Å²) in [6.07, 6.45) is 1.16. The molecule has 2 atom stereocenters. The number of para-hydroxylation sites is 1. The van der Waals surface area contributed by atoms with Gasteiger partial charge >= 0.3 is 0 Å². The summed E-state index contributed by atoms with van der Waals surface area (Å²) < 4.78 is 5.76. The fourth-order valence-corrected chi connectivity index (χ4v) is 2.14. The van der Waals surface area contributed by atoms with E-state index >= 15 is 0 Å². The highest BCUT2D eigenvalue weighted by Crippen LogP contribution is 2.50. The van der Waals surface area contributed by atoms with Crippen LogP contribution in [0.5, 0.6) is 5.75 Å². The molecule has 16 heavy (non-hydrogen) atoms. The first-order chi connectivity index (χ1) is 7.59. The van der Waals surface area contributed by atoms with Gasteiger partial charge in [0.05, 0.1) is 6.10 Å². The van der Waals surface area contributed by atoms with Crippen molar-refractivity contribution in [2.45, 2.75) is 39.2 Å². The Morgan fingerprint density at radius 2 is 2.06 bits per heavy atom. The van der Waals surface area contributed by atoms with Crippen molar-refractivity contribution in [2.24, 2.45) is 5.92 Å². The summed E-state index contributed by atoms with van der Waals surface area (Å²) in [5, 5.41) is 0. The molecule has 0 radical (unpaired) electrons. The van der Waals surface area contributed by atoms with E-state index in [1.54, 1.807) is 6.92 Å². The first-order valence-corrected chi connectivity index (χ1v) is 5.85. The average Bonchev–Trinajstić information content (AvgIpc) is 2.97. The SMILES string of the molecule is CC(=O)[C@H]1CC1c1ccccc1OC(C)C.